The number of phenolic OH excluding ortho intramolecular Hbond substituents is 1. The molecule has 1 aliphatic carbocycles. The highest BCUT2D eigenvalue weighted by Gasteiger charge is 2.41. The van der Waals surface area contributed by atoms with E-state index in [2.05, 4.69) is 5.32 Å². The molecule has 0 radical (unpaired) electrons. The van der Waals surface area contributed by atoms with Crippen molar-refractivity contribution in [3.63, 3.8) is 0 Å². The molecule has 0 atom stereocenters. The number of aliphatic hydroxyl groups excluding tert-OH is 1. The zero-order chi connectivity index (χ0) is 12.3. The van der Waals surface area contributed by atoms with Gasteiger partial charge in [-0.05, 0) is 31.0 Å². The lowest BCUT2D eigenvalue weighted by Gasteiger charge is -2.13. The topological polar surface area (TPSA) is 61.7 Å². The number of aliphatic hydroxyl groups is 1. The highest BCUT2D eigenvalue weighted by Crippen LogP contribution is 2.44. The maximum atomic E-state index is 9.69. The third kappa shape index (κ3) is 2.90. The number of benzene rings is 1. The van der Waals surface area contributed by atoms with Gasteiger partial charge < -0.3 is 20.3 Å². The molecule has 3 N–H and O–H groups in total. The van der Waals surface area contributed by atoms with Crippen LogP contribution in [-0.4, -0.2) is 30.5 Å². The Hall–Kier alpha value is -1.26. The molecule has 17 heavy (non-hydrogen) atoms. The van der Waals surface area contributed by atoms with E-state index in [-0.39, 0.29) is 17.8 Å². The minimum absolute atomic E-state index is 0.0918. The summed E-state index contributed by atoms with van der Waals surface area (Å²) in [6, 6.07) is 5.19. The molecule has 0 amide bonds. The smallest absolute Gasteiger partial charge is 0.120 e. The van der Waals surface area contributed by atoms with Gasteiger partial charge in [0.25, 0.3) is 0 Å². The maximum Gasteiger partial charge on any atom is 0.120 e. The van der Waals surface area contributed by atoms with E-state index in [9.17, 15) is 10.2 Å². The van der Waals surface area contributed by atoms with Gasteiger partial charge in [-0.2, -0.15) is 0 Å². The van der Waals surface area contributed by atoms with Crippen LogP contribution in [0.15, 0.2) is 18.2 Å². The first-order chi connectivity index (χ1) is 8.19. The summed E-state index contributed by atoms with van der Waals surface area (Å²) in [4.78, 5) is 0. The lowest BCUT2D eigenvalue weighted by molar-refractivity contribution is 0.207. The second kappa shape index (κ2) is 4.94. The minimum Gasteiger partial charge on any atom is -0.508 e. The monoisotopic (exact) mass is 237 g/mol. The van der Waals surface area contributed by atoms with Crippen molar-refractivity contribution in [1.29, 1.82) is 0 Å². The van der Waals surface area contributed by atoms with E-state index < -0.39 is 0 Å². The van der Waals surface area contributed by atoms with Crippen molar-refractivity contribution < 1.29 is 14.9 Å². The van der Waals surface area contributed by atoms with Crippen LogP contribution in [0.2, 0.25) is 0 Å². The molecule has 1 aromatic rings. The largest absolute Gasteiger partial charge is 0.508 e. The summed E-state index contributed by atoms with van der Waals surface area (Å²) in [5, 5.41) is 22.1. The molecule has 1 aliphatic rings. The van der Waals surface area contributed by atoms with E-state index >= 15 is 0 Å². The minimum atomic E-state index is 0.0918. The molecule has 0 aliphatic heterocycles. The Morgan fingerprint density at radius 1 is 1.41 bits per heavy atom. The lowest BCUT2D eigenvalue weighted by atomic mass is 10.1. The highest BCUT2D eigenvalue weighted by atomic mass is 16.5. The van der Waals surface area contributed by atoms with Gasteiger partial charge in [-0.15, -0.1) is 0 Å². The van der Waals surface area contributed by atoms with Crippen LogP contribution in [0.25, 0.3) is 0 Å². The van der Waals surface area contributed by atoms with E-state index in [1.807, 2.05) is 6.07 Å². The van der Waals surface area contributed by atoms with Crippen molar-refractivity contribution in [3.05, 3.63) is 23.8 Å². The summed E-state index contributed by atoms with van der Waals surface area (Å²) in [6.07, 6.45) is 2.17. The fourth-order valence-corrected chi connectivity index (χ4v) is 1.86. The number of aromatic hydroxyl groups is 1. The van der Waals surface area contributed by atoms with Gasteiger partial charge >= 0.3 is 0 Å². The molecule has 1 fully saturated rings. The lowest BCUT2D eigenvalue weighted by Crippen LogP contribution is -2.26. The fraction of sp³-hybridized carbons (Fsp3) is 0.538. The molecule has 0 heterocycles. The summed E-state index contributed by atoms with van der Waals surface area (Å²) < 4.78 is 5.11. The zero-order valence-corrected chi connectivity index (χ0v) is 10.1. The van der Waals surface area contributed by atoms with Crippen LogP contribution < -0.4 is 10.1 Å². The van der Waals surface area contributed by atoms with Crippen LogP contribution in [0.3, 0.4) is 0 Å². The SMILES string of the molecule is COc1ccc(O)c(CNCC2(CO)CC2)c1. The Morgan fingerprint density at radius 3 is 2.76 bits per heavy atom. The van der Waals surface area contributed by atoms with Gasteiger partial charge in [0.15, 0.2) is 0 Å². The number of nitrogens with one attached hydrogen (secondary N) is 1. The normalized spacial score (nSPS) is 16.8. The summed E-state index contributed by atoms with van der Waals surface area (Å²) >= 11 is 0. The summed E-state index contributed by atoms with van der Waals surface area (Å²) in [5.74, 6) is 1.01. The Morgan fingerprint density at radius 2 is 2.18 bits per heavy atom. The third-order valence-corrected chi connectivity index (χ3v) is 3.39. The van der Waals surface area contributed by atoms with Gasteiger partial charge in [-0.1, -0.05) is 0 Å². The molecule has 1 aromatic carbocycles. The third-order valence-electron chi connectivity index (χ3n) is 3.39. The van der Waals surface area contributed by atoms with Gasteiger partial charge in [0.2, 0.25) is 0 Å². The molecule has 0 saturated heterocycles. The Bertz CT molecular complexity index is 388. The highest BCUT2D eigenvalue weighted by molar-refractivity contribution is 5.39. The first-order valence-electron chi connectivity index (χ1n) is 5.87. The number of phenols is 1. The number of rotatable bonds is 6. The van der Waals surface area contributed by atoms with Gasteiger partial charge in [0.1, 0.15) is 11.5 Å². The molecule has 0 unspecified atom stereocenters. The maximum absolute atomic E-state index is 9.69. The predicted molar refractivity (Wildman–Crippen MR) is 65.1 cm³/mol. The van der Waals surface area contributed by atoms with Crippen molar-refractivity contribution in [2.75, 3.05) is 20.3 Å². The van der Waals surface area contributed by atoms with Crippen molar-refractivity contribution in [3.8, 4) is 11.5 Å². The molecular formula is C13H19NO3. The molecule has 0 spiro atoms. The van der Waals surface area contributed by atoms with Crippen LogP contribution in [0.5, 0.6) is 11.5 Å². The first kappa shape index (κ1) is 12.2. The number of hydrogen-bond acceptors (Lipinski definition) is 4. The zero-order valence-electron chi connectivity index (χ0n) is 10.1. The molecular weight excluding hydrogens is 218 g/mol. The Balaban J connectivity index is 1.89. The molecule has 94 valence electrons. The van der Waals surface area contributed by atoms with Crippen molar-refractivity contribution >= 4 is 0 Å². The van der Waals surface area contributed by atoms with Crippen LogP contribution in [0, 0.1) is 5.41 Å². The molecule has 2 rings (SSSR count). The summed E-state index contributed by atoms with van der Waals surface area (Å²) in [6.45, 7) is 1.62. The molecule has 4 nitrogen and oxygen atoms in total. The van der Waals surface area contributed by atoms with Crippen LogP contribution in [0.4, 0.5) is 0 Å². The standard InChI is InChI=1S/C13H19NO3/c1-17-11-2-3-12(16)10(6-11)7-14-8-13(9-15)4-5-13/h2-3,6,14-16H,4-5,7-9H2,1H3. The summed E-state index contributed by atoms with van der Waals surface area (Å²) in [5.41, 5.74) is 0.909. The average Bonchev–Trinajstić information content (AvgIpc) is 3.12. The van der Waals surface area contributed by atoms with Gasteiger partial charge in [-0.25, -0.2) is 0 Å². The van der Waals surface area contributed by atoms with Crippen molar-refractivity contribution in [1.82, 2.24) is 5.32 Å². The van der Waals surface area contributed by atoms with Gasteiger partial charge in [0, 0.05) is 30.7 Å². The molecule has 0 aromatic heterocycles. The predicted octanol–water partition coefficient (Wildman–Crippen LogP) is 1.26. The second-order valence-corrected chi connectivity index (χ2v) is 4.76. The molecule has 0 bridgehead atoms. The molecule has 4 heteroatoms. The van der Waals surface area contributed by atoms with Crippen LogP contribution in [0.1, 0.15) is 18.4 Å². The van der Waals surface area contributed by atoms with E-state index in [1.54, 1.807) is 19.2 Å². The van der Waals surface area contributed by atoms with Crippen LogP contribution in [-0.2, 0) is 6.54 Å². The van der Waals surface area contributed by atoms with E-state index in [1.165, 1.54) is 0 Å². The average molecular weight is 237 g/mol. The Kier molecular flexibility index (Phi) is 3.54. The quantitative estimate of drug-likeness (QED) is 0.697. The second-order valence-electron chi connectivity index (χ2n) is 4.76. The summed E-state index contributed by atoms with van der Waals surface area (Å²) in [7, 11) is 1.61. The molecule has 1 saturated carbocycles. The van der Waals surface area contributed by atoms with E-state index in [4.69, 9.17) is 4.74 Å². The van der Waals surface area contributed by atoms with Crippen LogP contribution >= 0.6 is 0 Å². The van der Waals surface area contributed by atoms with Gasteiger partial charge in [-0.3, -0.25) is 0 Å². The number of hydrogen-bond donors (Lipinski definition) is 3. The Labute approximate surface area is 101 Å². The van der Waals surface area contributed by atoms with E-state index in [0.29, 0.717) is 6.54 Å². The fourth-order valence-electron chi connectivity index (χ4n) is 1.86. The number of methoxy groups -OCH3 is 1. The number of ether oxygens (including phenoxy) is 1. The first-order valence-corrected chi connectivity index (χ1v) is 5.87. The van der Waals surface area contributed by atoms with Crippen molar-refractivity contribution in [2.45, 2.75) is 19.4 Å². The van der Waals surface area contributed by atoms with Crippen molar-refractivity contribution in [2.24, 2.45) is 5.41 Å². The van der Waals surface area contributed by atoms with Gasteiger partial charge in [0.05, 0.1) is 7.11 Å². The van der Waals surface area contributed by atoms with E-state index in [0.717, 1.165) is 30.7 Å².